The lowest BCUT2D eigenvalue weighted by molar-refractivity contribution is 0.414. The zero-order valence-corrected chi connectivity index (χ0v) is 12.3. The number of benzene rings is 2. The standard InChI is InChI=1S/C16H18O3S/c1-19-15-9-11-16(12-10-15)20(17,18)13-5-8-14-6-3-2-4-7-14/h2-4,6-7,9-12H,5,8,13H2,1H3. The summed E-state index contributed by atoms with van der Waals surface area (Å²) in [5.74, 6) is 0.821. The third-order valence-corrected chi connectivity index (χ3v) is 4.96. The molecule has 0 aliphatic carbocycles. The number of methoxy groups -OCH3 is 1. The number of hydrogen-bond donors (Lipinski definition) is 0. The zero-order chi connectivity index (χ0) is 14.4. The first kappa shape index (κ1) is 14.6. The molecular weight excluding hydrogens is 272 g/mol. The highest BCUT2D eigenvalue weighted by atomic mass is 32.2. The molecule has 2 aromatic carbocycles. The molecule has 3 nitrogen and oxygen atoms in total. The first-order valence-corrected chi connectivity index (χ1v) is 8.18. The summed E-state index contributed by atoms with van der Waals surface area (Å²) in [5, 5.41) is 0. The average molecular weight is 290 g/mol. The maximum absolute atomic E-state index is 12.2. The Morgan fingerprint density at radius 2 is 1.60 bits per heavy atom. The molecule has 0 bridgehead atoms. The van der Waals surface area contributed by atoms with Crippen molar-refractivity contribution < 1.29 is 13.2 Å². The smallest absolute Gasteiger partial charge is 0.178 e. The van der Waals surface area contributed by atoms with Gasteiger partial charge in [0.05, 0.1) is 17.8 Å². The van der Waals surface area contributed by atoms with Gasteiger partial charge >= 0.3 is 0 Å². The van der Waals surface area contributed by atoms with Crippen LogP contribution in [-0.2, 0) is 16.3 Å². The molecule has 0 aromatic heterocycles. The summed E-state index contributed by atoms with van der Waals surface area (Å²) in [7, 11) is -1.65. The summed E-state index contributed by atoms with van der Waals surface area (Å²) in [5.41, 5.74) is 1.16. The molecule has 0 aliphatic heterocycles. The topological polar surface area (TPSA) is 43.4 Å². The van der Waals surface area contributed by atoms with Gasteiger partial charge < -0.3 is 4.74 Å². The van der Waals surface area contributed by atoms with Gasteiger partial charge in [-0.3, -0.25) is 0 Å². The highest BCUT2D eigenvalue weighted by Crippen LogP contribution is 2.17. The molecule has 0 fully saturated rings. The fourth-order valence-corrected chi connectivity index (χ4v) is 3.32. The SMILES string of the molecule is COc1ccc(S(=O)(=O)CCCc2ccccc2)cc1. The zero-order valence-electron chi connectivity index (χ0n) is 11.5. The molecule has 0 radical (unpaired) electrons. The van der Waals surface area contributed by atoms with Gasteiger partial charge in [0.25, 0.3) is 0 Å². The van der Waals surface area contributed by atoms with Crippen LogP contribution < -0.4 is 4.74 Å². The van der Waals surface area contributed by atoms with Crippen LogP contribution in [0.5, 0.6) is 5.75 Å². The number of rotatable bonds is 6. The Bertz CT molecular complexity index is 631. The van der Waals surface area contributed by atoms with Crippen molar-refractivity contribution in [2.45, 2.75) is 17.7 Å². The largest absolute Gasteiger partial charge is 0.497 e. The van der Waals surface area contributed by atoms with Gasteiger partial charge in [-0.2, -0.15) is 0 Å². The van der Waals surface area contributed by atoms with Gasteiger partial charge in [0.15, 0.2) is 9.84 Å². The molecule has 0 saturated carbocycles. The predicted octanol–water partition coefficient (Wildman–Crippen LogP) is 3.10. The van der Waals surface area contributed by atoms with Gasteiger partial charge in [-0.05, 0) is 42.7 Å². The van der Waals surface area contributed by atoms with E-state index < -0.39 is 9.84 Å². The summed E-state index contributed by atoms with van der Waals surface area (Å²) >= 11 is 0. The maximum Gasteiger partial charge on any atom is 0.178 e. The molecule has 0 aliphatic rings. The van der Waals surface area contributed by atoms with Gasteiger partial charge in [-0.25, -0.2) is 8.42 Å². The van der Waals surface area contributed by atoms with E-state index in [0.717, 1.165) is 12.0 Å². The molecule has 20 heavy (non-hydrogen) atoms. The Hall–Kier alpha value is -1.81. The average Bonchev–Trinajstić information content (AvgIpc) is 2.48. The van der Waals surface area contributed by atoms with Crippen LogP contribution in [-0.4, -0.2) is 21.3 Å². The number of sulfone groups is 1. The van der Waals surface area contributed by atoms with E-state index in [1.807, 2.05) is 30.3 Å². The van der Waals surface area contributed by atoms with Crippen molar-refractivity contribution in [1.29, 1.82) is 0 Å². The summed E-state index contributed by atoms with van der Waals surface area (Å²) < 4.78 is 29.4. The van der Waals surface area contributed by atoms with Crippen LogP contribution in [0.25, 0.3) is 0 Å². The summed E-state index contributed by atoms with van der Waals surface area (Å²) in [6.45, 7) is 0. The van der Waals surface area contributed by atoms with Crippen molar-refractivity contribution in [3.8, 4) is 5.75 Å². The number of ether oxygens (including phenoxy) is 1. The third kappa shape index (κ3) is 3.84. The minimum atomic E-state index is -3.21. The third-order valence-electron chi connectivity index (χ3n) is 3.14. The molecule has 106 valence electrons. The highest BCUT2D eigenvalue weighted by molar-refractivity contribution is 7.91. The van der Waals surface area contributed by atoms with Crippen molar-refractivity contribution in [3.05, 3.63) is 60.2 Å². The van der Waals surface area contributed by atoms with E-state index in [0.29, 0.717) is 17.1 Å². The Kier molecular flexibility index (Phi) is 4.79. The molecular formula is C16H18O3S. The fourth-order valence-electron chi connectivity index (χ4n) is 2.01. The van der Waals surface area contributed by atoms with E-state index in [9.17, 15) is 8.42 Å². The van der Waals surface area contributed by atoms with Crippen molar-refractivity contribution in [3.63, 3.8) is 0 Å². The second-order valence-corrected chi connectivity index (χ2v) is 6.69. The van der Waals surface area contributed by atoms with Gasteiger partial charge in [-0.15, -0.1) is 0 Å². The molecule has 0 atom stereocenters. The van der Waals surface area contributed by atoms with E-state index in [-0.39, 0.29) is 5.75 Å². The van der Waals surface area contributed by atoms with Crippen molar-refractivity contribution in [1.82, 2.24) is 0 Å². The molecule has 0 unspecified atom stereocenters. The van der Waals surface area contributed by atoms with Crippen molar-refractivity contribution >= 4 is 9.84 Å². The summed E-state index contributed by atoms with van der Waals surface area (Å²) in [6, 6.07) is 16.4. The van der Waals surface area contributed by atoms with E-state index >= 15 is 0 Å². The van der Waals surface area contributed by atoms with Crippen LogP contribution >= 0.6 is 0 Å². The van der Waals surface area contributed by atoms with Crippen LogP contribution in [0.3, 0.4) is 0 Å². The van der Waals surface area contributed by atoms with Crippen LogP contribution in [0, 0.1) is 0 Å². The Balaban J connectivity index is 1.96. The van der Waals surface area contributed by atoms with Crippen LogP contribution in [0.4, 0.5) is 0 Å². The van der Waals surface area contributed by atoms with E-state index in [4.69, 9.17) is 4.74 Å². The van der Waals surface area contributed by atoms with E-state index in [2.05, 4.69) is 0 Å². The minimum Gasteiger partial charge on any atom is -0.497 e. The number of aryl methyl sites for hydroxylation is 1. The van der Waals surface area contributed by atoms with Crippen molar-refractivity contribution in [2.75, 3.05) is 12.9 Å². The lowest BCUT2D eigenvalue weighted by atomic mass is 10.1. The van der Waals surface area contributed by atoms with Gasteiger partial charge in [0.2, 0.25) is 0 Å². The Morgan fingerprint density at radius 1 is 0.950 bits per heavy atom. The first-order valence-electron chi connectivity index (χ1n) is 6.52. The molecule has 0 heterocycles. The number of hydrogen-bond acceptors (Lipinski definition) is 3. The van der Waals surface area contributed by atoms with Crippen LogP contribution in [0.15, 0.2) is 59.5 Å². The lowest BCUT2D eigenvalue weighted by Crippen LogP contribution is -2.07. The van der Waals surface area contributed by atoms with E-state index in [1.54, 1.807) is 31.4 Å². The summed E-state index contributed by atoms with van der Waals surface area (Å²) in [4.78, 5) is 0.353. The predicted molar refractivity (Wildman–Crippen MR) is 79.8 cm³/mol. The Morgan fingerprint density at radius 3 is 2.20 bits per heavy atom. The minimum absolute atomic E-state index is 0.161. The maximum atomic E-state index is 12.2. The second-order valence-electron chi connectivity index (χ2n) is 4.58. The molecule has 2 aromatic rings. The quantitative estimate of drug-likeness (QED) is 0.821. The first-order chi connectivity index (χ1) is 9.62. The molecule has 4 heteroatoms. The van der Waals surface area contributed by atoms with Gasteiger partial charge in [-0.1, -0.05) is 30.3 Å². The van der Waals surface area contributed by atoms with Crippen LogP contribution in [0.1, 0.15) is 12.0 Å². The Labute approximate surface area is 120 Å². The van der Waals surface area contributed by atoms with Crippen LogP contribution in [0.2, 0.25) is 0 Å². The highest BCUT2D eigenvalue weighted by Gasteiger charge is 2.13. The monoisotopic (exact) mass is 290 g/mol. The molecule has 0 N–H and O–H groups in total. The molecule has 0 amide bonds. The van der Waals surface area contributed by atoms with Crippen molar-refractivity contribution in [2.24, 2.45) is 0 Å². The molecule has 0 spiro atoms. The van der Waals surface area contributed by atoms with E-state index in [1.165, 1.54) is 0 Å². The summed E-state index contributed by atoms with van der Waals surface area (Å²) in [6.07, 6.45) is 1.40. The lowest BCUT2D eigenvalue weighted by Gasteiger charge is -2.06. The second kappa shape index (κ2) is 6.57. The van der Waals surface area contributed by atoms with Gasteiger partial charge in [0.1, 0.15) is 5.75 Å². The normalized spacial score (nSPS) is 11.2. The van der Waals surface area contributed by atoms with Gasteiger partial charge in [0, 0.05) is 0 Å². The fraction of sp³-hybridized carbons (Fsp3) is 0.250. The molecule has 2 rings (SSSR count). The molecule has 0 saturated heterocycles.